The van der Waals surface area contributed by atoms with Crippen LogP contribution in [-0.2, 0) is 9.59 Å². The number of phenolic OH excluding ortho intramolecular Hbond substituents is 1. The zero-order valence-electron chi connectivity index (χ0n) is 18.4. The topological polar surface area (TPSA) is 93.2 Å². The van der Waals surface area contributed by atoms with E-state index in [4.69, 9.17) is 11.6 Å². The Morgan fingerprint density at radius 1 is 1.06 bits per heavy atom. The number of carbonyl (C=O) groups is 3. The number of imide groups is 1. The Labute approximate surface area is 207 Å². The molecular formula is C24H25ClN4O4S. The molecule has 2 aromatic rings. The van der Waals surface area contributed by atoms with Crippen LogP contribution in [0.25, 0.3) is 6.08 Å². The third kappa shape index (κ3) is 5.91. The van der Waals surface area contributed by atoms with Gasteiger partial charge in [0.2, 0.25) is 5.91 Å². The second-order valence-corrected chi connectivity index (χ2v) is 9.38. The number of hydrogen-bond donors (Lipinski definition) is 2. The van der Waals surface area contributed by atoms with Gasteiger partial charge in [0.1, 0.15) is 5.75 Å². The van der Waals surface area contributed by atoms with Crippen LogP contribution in [0.2, 0.25) is 5.02 Å². The molecule has 0 spiro atoms. The van der Waals surface area contributed by atoms with Gasteiger partial charge in [0.25, 0.3) is 11.1 Å². The van der Waals surface area contributed by atoms with Crippen molar-refractivity contribution >= 4 is 52.2 Å². The van der Waals surface area contributed by atoms with Gasteiger partial charge in [-0.25, -0.2) is 0 Å². The molecule has 4 rings (SSSR count). The van der Waals surface area contributed by atoms with Crippen molar-refractivity contribution in [3.8, 4) is 5.75 Å². The minimum Gasteiger partial charge on any atom is -0.508 e. The minimum atomic E-state index is -0.380. The quantitative estimate of drug-likeness (QED) is 0.564. The summed E-state index contributed by atoms with van der Waals surface area (Å²) in [6, 6.07) is 14.2. The molecule has 0 aliphatic carbocycles. The summed E-state index contributed by atoms with van der Waals surface area (Å²) in [5, 5.41) is 12.4. The van der Waals surface area contributed by atoms with E-state index in [-0.39, 0.29) is 42.4 Å². The molecule has 2 fully saturated rings. The Hall–Kier alpha value is -3.01. The predicted octanol–water partition coefficient (Wildman–Crippen LogP) is 3.02. The van der Waals surface area contributed by atoms with Gasteiger partial charge in [0.05, 0.1) is 11.4 Å². The smallest absolute Gasteiger partial charge is 0.293 e. The minimum absolute atomic E-state index is 0.116. The van der Waals surface area contributed by atoms with Gasteiger partial charge in [-0.3, -0.25) is 24.2 Å². The lowest BCUT2D eigenvalue weighted by molar-refractivity contribution is -0.124. The number of hydrogen-bond acceptors (Lipinski definition) is 7. The number of rotatable bonds is 7. The number of anilines is 1. The number of nitrogens with zero attached hydrogens (tertiary/aromatic N) is 3. The molecule has 2 N–H and O–H groups in total. The van der Waals surface area contributed by atoms with Crippen molar-refractivity contribution in [1.82, 2.24) is 15.1 Å². The Kier molecular flexibility index (Phi) is 7.77. The van der Waals surface area contributed by atoms with Gasteiger partial charge in [-0.1, -0.05) is 29.8 Å². The van der Waals surface area contributed by atoms with E-state index < -0.39 is 0 Å². The van der Waals surface area contributed by atoms with Gasteiger partial charge in [-0.05, 0) is 53.7 Å². The first-order valence-electron chi connectivity index (χ1n) is 10.9. The molecule has 34 heavy (non-hydrogen) atoms. The van der Waals surface area contributed by atoms with Crippen LogP contribution in [0.3, 0.4) is 0 Å². The SMILES string of the molecule is O=C(CN1CCN(c2ccc(O)cc2)CC1)NCCN1C(=O)SC(=Cc2ccccc2Cl)C1=O. The highest BCUT2D eigenvalue weighted by Crippen LogP contribution is 2.33. The van der Waals surface area contributed by atoms with Crippen molar-refractivity contribution in [3.63, 3.8) is 0 Å². The normalized spacial score (nSPS) is 18.1. The molecule has 178 valence electrons. The molecule has 2 aliphatic rings. The van der Waals surface area contributed by atoms with E-state index in [0.717, 1.165) is 48.5 Å². The van der Waals surface area contributed by atoms with Gasteiger partial charge in [0, 0.05) is 50.0 Å². The summed E-state index contributed by atoms with van der Waals surface area (Å²) in [7, 11) is 0. The number of carbonyl (C=O) groups excluding carboxylic acids is 3. The summed E-state index contributed by atoms with van der Waals surface area (Å²) in [6.45, 7) is 3.63. The fourth-order valence-electron chi connectivity index (χ4n) is 3.82. The molecule has 8 nitrogen and oxygen atoms in total. The maximum atomic E-state index is 12.6. The maximum Gasteiger partial charge on any atom is 0.293 e. The molecule has 0 bridgehead atoms. The highest BCUT2D eigenvalue weighted by atomic mass is 35.5. The molecule has 3 amide bonds. The Bertz CT molecular complexity index is 1100. The number of benzene rings is 2. The van der Waals surface area contributed by atoms with Gasteiger partial charge >= 0.3 is 0 Å². The summed E-state index contributed by atoms with van der Waals surface area (Å²) < 4.78 is 0. The van der Waals surface area contributed by atoms with Crippen molar-refractivity contribution in [2.75, 3.05) is 50.7 Å². The lowest BCUT2D eigenvalue weighted by Crippen LogP contribution is -2.50. The first-order valence-corrected chi connectivity index (χ1v) is 12.1. The summed E-state index contributed by atoms with van der Waals surface area (Å²) in [5.41, 5.74) is 1.72. The van der Waals surface area contributed by atoms with Crippen LogP contribution >= 0.6 is 23.4 Å². The number of piperazine rings is 1. The van der Waals surface area contributed by atoms with Gasteiger partial charge < -0.3 is 15.3 Å². The second-order valence-electron chi connectivity index (χ2n) is 7.98. The molecule has 0 saturated carbocycles. The molecule has 0 aromatic heterocycles. The van der Waals surface area contributed by atoms with Crippen LogP contribution in [-0.4, -0.2) is 77.8 Å². The summed E-state index contributed by atoms with van der Waals surface area (Å²) in [5.74, 6) is -0.283. The van der Waals surface area contributed by atoms with Crippen LogP contribution in [0.4, 0.5) is 10.5 Å². The standard InChI is InChI=1S/C24H25ClN4O4S/c25-20-4-2-1-3-17(20)15-21-23(32)29(24(33)34-21)10-9-26-22(31)16-27-11-13-28(14-12-27)18-5-7-19(30)8-6-18/h1-8,15,30H,9-14,16H2,(H,26,31). The molecule has 2 aliphatic heterocycles. The zero-order valence-corrected chi connectivity index (χ0v) is 20.0. The van der Waals surface area contributed by atoms with E-state index in [2.05, 4.69) is 15.1 Å². The summed E-state index contributed by atoms with van der Waals surface area (Å²) in [6.07, 6.45) is 1.61. The number of phenols is 1. The maximum absolute atomic E-state index is 12.6. The molecule has 2 saturated heterocycles. The highest BCUT2D eigenvalue weighted by molar-refractivity contribution is 8.18. The Balaban J connectivity index is 1.21. The average Bonchev–Trinajstić information content (AvgIpc) is 3.09. The van der Waals surface area contributed by atoms with Gasteiger partial charge in [-0.2, -0.15) is 0 Å². The predicted molar refractivity (Wildman–Crippen MR) is 134 cm³/mol. The van der Waals surface area contributed by atoms with Crippen LogP contribution < -0.4 is 10.2 Å². The number of halogens is 1. The van der Waals surface area contributed by atoms with E-state index in [0.29, 0.717) is 15.5 Å². The molecule has 2 aromatic carbocycles. The monoisotopic (exact) mass is 500 g/mol. The molecule has 2 heterocycles. The van der Waals surface area contributed by atoms with Gasteiger partial charge in [0.15, 0.2) is 0 Å². The van der Waals surface area contributed by atoms with E-state index in [9.17, 15) is 19.5 Å². The third-order valence-electron chi connectivity index (χ3n) is 5.68. The van der Waals surface area contributed by atoms with Crippen LogP contribution in [0.5, 0.6) is 5.75 Å². The van der Waals surface area contributed by atoms with Crippen molar-refractivity contribution in [1.29, 1.82) is 0 Å². The van der Waals surface area contributed by atoms with E-state index in [1.54, 1.807) is 36.4 Å². The largest absolute Gasteiger partial charge is 0.508 e. The van der Waals surface area contributed by atoms with Gasteiger partial charge in [-0.15, -0.1) is 0 Å². The van der Waals surface area contributed by atoms with Crippen molar-refractivity contribution in [2.45, 2.75) is 0 Å². The lowest BCUT2D eigenvalue weighted by atomic mass is 10.2. The zero-order chi connectivity index (χ0) is 24.1. The average molecular weight is 501 g/mol. The number of aromatic hydroxyl groups is 1. The molecular weight excluding hydrogens is 476 g/mol. The second kappa shape index (κ2) is 10.9. The summed E-state index contributed by atoms with van der Waals surface area (Å²) in [4.78, 5) is 43.0. The first-order chi connectivity index (χ1) is 16.4. The van der Waals surface area contributed by atoms with Crippen molar-refractivity contribution < 1.29 is 19.5 Å². The molecule has 0 atom stereocenters. The van der Waals surface area contributed by atoms with E-state index >= 15 is 0 Å². The number of nitrogens with one attached hydrogen (secondary N) is 1. The fraction of sp³-hybridized carbons (Fsp3) is 0.292. The molecule has 10 heteroatoms. The lowest BCUT2D eigenvalue weighted by Gasteiger charge is -2.35. The van der Waals surface area contributed by atoms with Crippen molar-refractivity contribution in [3.05, 3.63) is 64.0 Å². The van der Waals surface area contributed by atoms with E-state index in [1.165, 1.54) is 0 Å². The van der Waals surface area contributed by atoms with Crippen LogP contribution in [0.1, 0.15) is 5.56 Å². The summed E-state index contributed by atoms with van der Waals surface area (Å²) >= 11 is 7.01. The van der Waals surface area contributed by atoms with Crippen molar-refractivity contribution in [2.24, 2.45) is 0 Å². The third-order valence-corrected chi connectivity index (χ3v) is 6.93. The van der Waals surface area contributed by atoms with E-state index in [1.807, 2.05) is 18.2 Å². The number of thioether (sulfide) groups is 1. The number of amides is 3. The first kappa shape index (κ1) is 24.1. The van der Waals surface area contributed by atoms with Crippen LogP contribution in [0.15, 0.2) is 53.4 Å². The Morgan fingerprint density at radius 3 is 2.47 bits per heavy atom. The molecule has 0 radical (unpaired) electrons. The van der Waals surface area contributed by atoms with Crippen LogP contribution in [0, 0.1) is 0 Å². The Morgan fingerprint density at radius 2 is 1.76 bits per heavy atom. The fourth-order valence-corrected chi connectivity index (χ4v) is 4.87. The highest BCUT2D eigenvalue weighted by Gasteiger charge is 2.34. The molecule has 0 unspecified atom stereocenters.